The number of ether oxygens (including phenoxy) is 4. The molecular weight excluding hydrogens is 981 g/mol. The van der Waals surface area contributed by atoms with Gasteiger partial charge in [-0.25, -0.2) is 9.59 Å². The Hall–Kier alpha value is -6.03. The third kappa shape index (κ3) is 10.2. The number of aryl methyl sites for hydroxylation is 1. The van der Waals surface area contributed by atoms with Crippen LogP contribution >= 0.6 is 0 Å². The van der Waals surface area contributed by atoms with Crippen LogP contribution in [0.25, 0.3) is 11.0 Å². The van der Waals surface area contributed by atoms with Gasteiger partial charge in [-0.15, -0.1) is 0 Å². The summed E-state index contributed by atoms with van der Waals surface area (Å²) in [6.07, 6.45) is 11.8. The molecule has 7 atom stereocenters. The van der Waals surface area contributed by atoms with Crippen molar-refractivity contribution in [2.45, 2.75) is 177 Å². The zero-order valence-corrected chi connectivity index (χ0v) is 45.5. The number of carbonyl (C=O) groups is 2. The van der Waals surface area contributed by atoms with Gasteiger partial charge >= 0.3 is 17.6 Å². The van der Waals surface area contributed by atoms with Crippen LogP contribution in [-0.4, -0.2) is 65.9 Å². The second-order valence-electron chi connectivity index (χ2n) is 23.5. The van der Waals surface area contributed by atoms with Crippen molar-refractivity contribution in [1.29, 1.82) is 0 Å². The maximum atomic E-state index is 15.7. The molecule has 4 aromatic carbocycles. The standard InChI is InChI=1S/C67H76O11/c1-42(39-69)52-25-22-43-23-26-53-46(35-43)15-10-13-33-67(50-19-8-4-9-20-50)63(77-64(52)72)62(60-57(78-67)29-28-55-56(40-70)59(65(73)76-61(55)60)47(30-34-68)41-74-2)75-58(71)38-48-36-45(24-27-54(48)53)44-16-14-21-51(37-44)66(31-11-5-12-32-66)49-17-6-3-7-18-49/h3,6-7,14,16-18,21,23,26,28-29,35,37,45,47-48,50,54,62-63,68-70H,4-5,8-9,11-12,15,19-20,22,24-25,27,30-34,36,38-41H2,1-2H3/b52-42-/t45-,47+,48+,54-,62+,63-,67-/m0/s1. The Morgan fingerprint density at radius 3 is 2.38 bits per heavy atom. The summed E-state index contributed by atoms with van der Waals surface area (Å²) >= 11 is 0. The molecule has 78 heavy (non-hydrogen) atoms. The highest BCUT2D eigenvalue weighted by atomic mass is 16.6. The van der Waals surface area contributed by atoms with Crippen molar-refractivity contribution in [2.24, 2.45) is 11.8 Å². The van der Waals surface area contributed by atoms with Gasteiger partial charge in [0, 0.05) is 60.3 Å². The van der Waals surface area contributed by atoms with Crippen LogP contribution in [-0.2, 0) is 48.7 Å². The first-order valence-corrected chi connectivity index (χ1v) is 29.0. The van der Waals surface area contributed by atoms with Crippen LogP contribution in [0.5, 0.6) is 5.75 Å². The zero-order chi connectivity index (χ0) is 54.0. The number of hydrogen-bond acceptors (Lipinski definition) is 11. The molecule has 5 bridgehead atoms. The number of carbonyl (C=O) groups excluding carboxylic acids is 2. The van der Waals surface area contributed by atoms with Crippen molar-refractivity contribution in [3.63, 3.8) is 0 Å². The number of esters is 2. The van der Waals surface area contributed by atoms with Gasteiger partial charge in [0.2, 0.25) is 0 Å². The topological polar surface area (TPSA) is 162 Å². The molecule has 410 valence electrons. The molecule has 0 unspecified atom stereocenters. The lowest BCUT2D eigenvalue weighted by molar-refractivity contribution is -0.204. The highest BCUT2D eigenvalue weighted by molar-refractivity contribution is 5.90. The molecule has 5 aromatic rings. The average molecular weight is 1060 g/mol. The first-order valence-electron chi connectivity index (χ1n) is 29.0. The molecule has 0 spiro atoms. The average Bonchev–Trinajstić information content (AvgIpc) is 3.60. The molecule has 3 saturated carbocycles. The van der Waals surface area contributed by atoms with E-state index in [9.17, 15) is 20.1 Å². The molecule has 6 aliphatic rings. The number of aliphatic hydroxyl groups excluding tert-OH is 3. The van der Waals surface area contributed by atoms with Crippen molar-refractivity contribution in [3.8, 4) is 17.6 Å². The van der Waals surface area contributed by atoms with E-state index in [0.29, 0.717) is 40.7 Å². The molecule has 3 N–H and O–H groups in total. The van der Waals surface area contributed by atoms with E-state index in [0.717, 1.165) is 75.3 Å². The fourth-order valence-corrected chi connectivity index (χ4v) is 15.2. The van der Waals surface area contributed by atoms with E-state index in [1.807, 2.05) is 0 Å². The molecule has 4 heterocycles. The first-order chi connectivity index (χ1) is 38.1. The van der Waals surface area contributed by atoms with Gasteiger partial charge in [-0.1, -0.05) is 123 Å². The van der Waals surface area contributed by atoms with Crippen molar-refractivity contribution < 1.29 is 48.3 Å². The molecule has 0 amide bonds. The number of aliphatic hydroxyl groups is 3. The van der Waals surface area contributed by atoms with Crippen LogP contribution in [0.1, 0.15) is 190 Å². The first kappa shape index (κ1) is 53.9. The summed E-state index contributed by atoms with van der Waals surface area (Å²) in [5.41, 5.74) is 6.85. The van der Waals surface area contributed by atoms with Crippen LogP contribution < -0.4 is 10.4 Å². The van der Waals surface area contributed by atoms with Crippen LogP contribution in [0.2, 0.25) is 0 Å². The van der Waals surface area contributed by atoms with Gasteiger partial charge in [0.25, 0.3) is 0 Å². The minimum Gasteiger partial charge on any atom is -0.481 e. The lowest BCUT2D eigenvalue weighted by Gasteiger charge is -2.51. The largest absolute Gasteiger partial charge is 0.481 e. The maximum absolute atomic E-state index is 15.7. The number of benzene rings is 4. The van der Waals surface area contributed by atoms with Gasteiger partial charge in [-0.3, -0.25) is 4.79 Å². The Labute approximate surface area is 458 Å². The third-order valence-corrected chi connectivity index (χ3v) is 19.2. The summed E-state index contributed by atoms with van der Waals surface area (Å²) in [5, 5.41) is 32.3. The van der Waals surface area contributed by atoms with Gasteiger partial charge in [0.05, 0.1) is 31.8 Å². The molecule has 11 heteroatoms. The predicted octanol–water partition coefficient (Wildman–Crippen LogP) is 11.8. The van der Waals surface area contributed by atoms with E-state index in [1.165, 1.54) is 48.6 Å². The van der Waals surface area contributed by atoms with Gasteiger partial charge in [0.15, 0.2) is 17.8 Å². The molecule has 1 aromatic heterocycles. The summed E-state index contributed by atoms with van der Waals surface area (Å²) in [7, 11) is 1.51. The quantitative estimate of drug-likeness (QED) is 0.0500. The van der Waals surface area contributed by atoms with Crippen LogP contribution in [0.4, 0.5) is 0 Å². The highest BCUT2D eigenvalue weighted by Crippen LogP contribution is 2.55. The predicted molar refractivity (Wildman–Crippen MR) is 298 cm³/mol. The third-order valence-electron chi connectivity index (χ3n) is 19.2. The second-order valence-corrected chi connectivity index (χ2v) is 23.5. The Morgan fingerprint density at radius 2 is 1.62 bits per heavy atom. The smallest absolute Gasteiger partial charge is 0.340 e. The minimum absolute atomic E-state index is 0.0139. The van der Waals surface area contributed by atoms with E-state index in [2.05, 4.69) is 84.6 Å². The lowest BCUT2D eigenvalue weighted by atomic mass is 9.64. The van der Waals surface area contributed by atoms with Gasteiger partial charge in [-0.05, 0) is 146 Å². The van der Waals surface area contributed by atoms with Crippen molar-refractivity contribution in [2.75, 3.05) is 26.9 Å². The lowest BCUT2D eigenvalue weighted by Crippen LogP contribution is -2.60. The second kappa shape index (κ2) is 23.4. The maximum Gasteiger partial charge on any atom is 0.340 e. The monoisotopic (exact) mass is 1060 g/mol. The molecule has 0 radical (unpaired) electrons. The van der Waals surface area contributed by atoms with Crippen molar-refractivity contribution >= 4 is 22.9 Å². The summed E-state index contributed by atoms with van der Waals surface area (Å²) < 4.78 is 33.3. The van der Waals surface area contributed by atoms with Crippen molar-refractivity contribution in [1.82, 2.24) is 0 Å². The Bertz CT molecular complexity index is 3160. The zero-order valence-electron chi connectivity index (χ0n) is 45.5. The summed E-state index contributed by atoms with van der Waals surface area (Å²) in [6.45, 7) is 0.711. The molecule has 11 nitrogen and oxygen atoms in total. The van der Waals surface area contributed by atoms with E-state index in [-0.39, 0.29) is 91.3 Å². The summed E-state index contributed by atoms with van der Waals surface area (Å²) in [6, 6.07) is 30.5. The fourth-order valence-electron chi connectivity index (χ4n) is 15.2. The van der Waals surface area contributed by atoms with Gasteiger partial charge in [-0.2, -0.15) is 0 Å². The normalized spacial score (nSPS) is 26.4. The van der Waals surface area contributed by atoms with E-state index >= 15 is 9.59 Å². The van der Waals surface area contributed by atoms with Crippen LogP contribution in [0.3, 0.4) is 0 Å². The number of fused-ring (bicyclic) bond motifs is 9. The molecule has 3 fully saturated rings. The fraction of sp³-hybridized carbons (Fsp3) is 0.507. The minimum atomic E-state index is -1.34. The molecular formula is C67H76O11. The molecule has 3 aliphatic carbocycles. The molecule has 3 aliphatic heterocycles. The van der Waals surface area contributed by atoms with E-state index in [1.54, 1.807) is 19.1 Å². The Kier molecular flexibility index (Phi) is 16.2. The van der Waals surface area contributed by atoms with Gasteiger partial charge < -0.3 is 38.7 Å². The van der Waals surface area contributed by atoms with E-state index < -0.39 is 47.9 Å². The van der Waals surface area contributed by atoms with Crippen LogP contribution in [0, 0.1) is 23.7 Å². The summed E-state index contributed by atoms with van der Waals surface area (Å²) in [5.74, 6) is 5.65. The number of rotatable bonds is 11. The molecule has 0 saturated heterocycles. The number of methoxy groups -OCH3 is 1. The molecule has 11 rings (SSSR count). The Balaban J connectivity index is 1.09. The Morgan fingerprint density at radius 1 is 0.821 bits per heavy atom. The van der Waals surface area contributed by atoms with Crippen molar-refractivity contribution in [3.05, 3.63) is 157 Å². The highest BCUT2D eigenvalue weighted by Gasteiger charge is 2.59. The van der Waals surface area contributed by atoms with Crippen LogP contribution in [0.15, 0.2) is 105 Å². The summed E-state index contributed by atoms with van der Waals surface area (Å²) in [4.78, 5) is 45.5. The SMILES string of the molecule is COC[C@@H](CCO)c1c(CO)c2ccc3c(c2oc1=O)[C@H]1OC(=O)C[C@H]2C[C@@H](c4cccc(C5(c6ccccc6)CCCCC5)c4)CC[C@@H]2c2ccc4cc2CC#CC[C@@](C2CCCCC2)(O3)[C@H]1OC(=O)/C(=C(/C)CO)CC4. The van der Waals surface area contributed by atoms with E-state index in [4.69, 9.17) is 23.4 Å². The van der Waals surface area contributed by atoms with Gasteiger partial charge in [0.1, 0.15) is 11.3 Å². The number of hydrogen-bond donors (Lipinski definition) is 3.